The van der Waals surface area contributed by atoms with Gasteiger partial charge in [-0.3, -0.25) is 0 Å². The van der Waals surface area contributed by atoms with Crippen LogP contribution in [0.2, 0.25) is 0 Å². The molecule has 1 aliphatic carbocycles. The van der Waals surface area contributed by atoms with Gasteiger partial charge in [-0.2, -0.15) is 0 Å². The van der Waals surface area contributed by atoms with E-state index >= 15 is 0 Å². The molecule has 1 saturated carbocycles. The second-order valence-corrected chi connectivity index (χ2v) is 11.6. The molecule has 2 aromatic rings. The third-order valence-corrected chi connectivity index (χ3v) is 8.66. The Morgan fingerprint density at radius 1 is 1.00 bits per heavy atom. The molecule has 4 N–H and O–H groups in total. The molecular formula is C23H34N2OSi. The van der Waals surface area contributed by atoms with Crippen LogP contribution in [0.5, 0.6) is 0 Å². The first-order chi connectivity index (χ1) is 12.8. The Labute approximate surface area is 165 Å². The molecule has 146 valence electrons. The summed E-state index contributed by atoms with van der Waals surface area (Å²) in [6.45, 7) is 7.44. The lowest BCUT2D eigenvalue weighted by Crippen LogP contribution is -2.63. The van der Waals surface area contributed by atoms with E-state index in [1.165, 1.54) is 10.4 Å². The zero-order chi connectivity index (χ0) is 19.5. The number of rotatable bonds is 5. The van der Waals surface area contributed by atoms with E-state index in [2.05, 4.69) is 69.3 Å². The highest BCUT2D eigenvalue weighted by Gasteiger charge is 2.42. The van der Waals surface area contributed by atoms with Crippen molar-refractivity contribution in [2.24, 2.45) is 22.8 Å². The smallest absolute Gasteiger partial charge is 0.239 e. The summed E-state index contributed by atoms with van der Waals surface area (Å²) in [5.41, 5.74) is 13.2. The molecule has 1 fully saturated rings. The Kier molecular flexibility index (Phi) is 6.21. The summed E-state index contributed by atoms with van der Waals surface area (Å²) in [7, 11) is -1.78. The molecule has 2 aromatic carbocycles. The first kappa shape index (κ1) is 20.3. The van der Waals surface area contributed by atoms with E-state index in [9.17, 15) is 0 Å². The number of hydrogen-bond donors (Lipinski definition) is 2. The summed E-state index contributed by atoms with van der Waals surface area (Å²) in [5, 5.41) is 2.56. The van der Waals surface area contributed by atoms with Gasteiger partial charge in [-0.1, -0.05) is 81.4 Å². The fourth-order valence-corrected chi connectivity index (χ4v) is 6.52. The van der Waals surface area contributed by atoms with Gasteiger partial charge in [0.25, 0.3) is 0 Å². The fourth-order valence-electron chi connectivity index (χ4n) is 4.13. The first-order valence-corrected chi connectivity index (χ1v) is 11.7. The molecule has 0 aliphatic heterocycles. The summed E-state index contributed by atoms with van der Waals surface area (Å²) >= 11 is 0. The SMILES string of the molecule is CC(C)(C)C1CC[C@](N)(CO[SiH](c2ccccc2)c2ccccc2)[C@@H](N)C1. The van der Waals surface area contributed by atoms with Crippen molar-refractivity contribution in [1.29, 1.82) is 0 Å². The summed E-state index contributed by atoms with van der Waals surface area (Å²) in [6, 6.07) is 21.1. The molecule has 0 bridgehead atoms. The maximum Gasteiger partial charge on any atom is 0.239 e. The van der Waals surface area contributed by atoms with Gasteiger partial charge in [0, 0.05) is 6.04 Å². The van der Waals surface area contributed by atoms with E-state index in [1.54, 1.807) is 0 Å². The highest BCUT2D eigenvalue weighted by atomic mass is 28.3. The quantitative estimate of drug-likeness (QED) is 0.781. The zero-order valence-corrected chi connectivity index (χ0v) is 18.1. The van der Waals surface area contributed by atoms with Gasteiger partial charge in [-0.15, -0.1) is 0 Å². The van der Waals surface area contributed by atoms with Crippen LogP contribution in [0.15, 0.2) is 60.7 Å². The van der Waals surface area contributed by atoms with Crippen LogP contribution in [0.3, 0.4) is 0 Å². The number of hydrogen-bond acceptors (Lipinski definition) is 3. The predicted molar refractivity (Wildman–Crippen MR) is 117 cm³/mol. The molecule has 0 heterocycles. The normalized spacial score (nSPS) is 26.3. The molecule has 3 rings (SSSR count). The van der Waals surface area contributed by atoms with Crippen LogP contribution in [-0.2, 0) is 4.43 Å². The fraction of sp³-hybridized carbons (Fsp3) is 0.478. The van der Waals surface area contributed by atoms with E-state index in [1.807, 2.05) is 12.1 Å². The molecule has 0 radical (unpaired) electrons. The molecule has 3 nitrogen and oxygen atoms in total. The highest BCUT2D eigenvalue weighted by molar-refractivity contribution is 6.80. The van der Waals surface area contributed by atoms with E-state index < -0.39 is 14.6 Å². The lowest BCUT2D eigenvalue weighted by molar-refractivity contribution is 0.0833. The van der Waals surface area contributed by atoms with Crippen LogP contribution in [0.1, 0.15) is 40.0 Å². The third-order valence-electron chi connectivity index (χ3n) is 6.18. The Morgan fingerprint density at radius 2 is 1.52 bits per heavy atom. The average molecular weight is 383 g/mol. The number of nitrogens with two attached hydrogens (primary N) is 2. The van der Waals surface area contributed by atoms with Crippen LogP contribution in [0.4, 0.5) is 0 Å². The molecule has 27 heavy (non-hydrogen) atoms. The van der Waals surface area contributed by atoms with Gasteiger partial charge >= 0.3 is 0 Å². The lowest BCUT2D eigenvalue weighted by Gasteiger charge is -2.46. The van der Waals surface area contributed by atoms with E-state index in [0.29, 0.717) is 12.5 Å². The summed E-state index contributed by atoms with van der Waals surface area (Å²) in [6.07, 6.45) is 3.03. The van der Waals surface area contributed by atoms with Crippen LogP contribution < -0.4 is 21.8 Å². The van der Waals surface area contributed by atoms with Gasteiger partial charge in [-0.25, -0.2) is 0 Å². The molecular weight excluding hydrogens is 348 g/mol. The van der Waals surface area contributed by atoms with Gasteiger partial charge in [0.1, 0.15) is 0 Å². The zero-order valence-electron chi connectivity index (χ0n) is 16.9. The van der Waals surface area contributed by atoms with Crippen molar-refractivity contribution >= 4 is 19.4 Å². The largest absolute Gasteiger partial charge is 0.409 e. The van der Waals surface area contributed by atoms with E-state index in [-0.39, 0.29) is 11.5 Å². The minimum atomic E-state index is -1.78. The Balaban J connectivity index is 1.74. The topological polar surface area (TPSA) is 61.3 Å². The Hall–Kier alpha value is -1.46. The summed E-state index contributed by atoms with van der Waals surface area (Å²) in [5.74, 6) is 0.625. The van der Waals surface area contributed by atoms with Crippen LogP contribution in [0, 0.1) is 11.3 Å². The Morgan fingerprint density at radius 3 is 1.96 bits per heavy atom. The van der Waals surface area contributed by atoms with Crippen molar-refractivity contribution < 1.29 is 4.43 Å². The standard InChI is InChI=1S/C23H34N2OSi/c1-22(2,3)18-14-15-23(25,21(24)16-18)17-26-27(19-10-6-4-7-11-19)20-12-8-5-9-13-20/h4-13,18,21,27H,14-17,24-25H2,1-3H3/t18?,21-,23-/m0/s1. The third kappa shape index (κ3) is 4.88. The maximum absolute atomic E-state index is 6.78. The summed E-state index contributed by atoms with van der Waals surface area (Å²) < 4.78 is 6.58. The van der Waals surface area contributed by atoms with Crippen LogP contribution in [0.25, 0.3) is 0 Å². The predicted octanol–water partition coefficient (Wildman–Crippen LogP) is 2.41. The minimum Gasteiger partial charge on any atom is -0.409 e. The molecule has 3 atom stereocenters. The Bertz CT molecular complexity index is 677. The van der Waals surface area contributed by atoms with E-state index in [4.69, 9.17) is 15.9 Å². The van der Waals surface area contributed by atoms with Crippen molar-refractivity contribution in [1.82, 2.24) is 0 Å². The summed E-state index contributed by atoms with van der Waals surface area (Å²) in [4.78, 5) is 0. The molecule has 4 heteroatoms. The maximum atomic E-state index is 6.78. The second-order valence-electron chi connectivity index (χ2n) is 9.19. The molecule has 0 aromatic heterocycles. The van der Waals surface area contributed by atoms with Crippen molar-refractivity contribution in [2.75, 3.05) is 6.61 Å². The highest BCUT2D eigenvalue weighted by Crippen LogP contribution is 2.40. The molecule has 0 saturated heterocycles. The van der Waals surface area contributed by atoms with Gasteiger partial charge < -0.3 is 15.9 Å². The van der Waals surface area contributed by atoms with Crippen LogP contribution >= 0.6 is 0 Å². The van der Waals surface area contributed by atoms with E-state index in [0.717, 1.165) is 19.3 Å². The number of benzene rings is 2. The minimum absolute atomic E-state index is 0.0170. The second kappa shape index (κ2) is 8.27. The lowest BCUT2D eigenvalue weighted by atomic mass is 9.66. The van der Waals surface area contributed by atoms with Crippen molar-refractivity contribution in [3.8, 4) is 0 Å². The monoisotopic (exact) mass is 382 g/mol. The first-order valence-electron chi connectivity index (χ1n) is 10.1. The van der Waals surface area contributed by atoms with Crippen molar-refractivity contribution in [3.63, 3.8) is 0 Å². The van der Waals surface area contributed by atoms with Gasteiger partial charge in [-0.05, 0) is 41.0 Å². The average Bonchev–Trinajstić information content (AvgIpc) is 2.65. The van der Waals surface area contributed by atoms with Crippen molar-refractivity contribution in [2.45, 2.75) is 51.6 Å². The van der Waals surface area contributed by atoms with Gasteiger partial charge in [0.2, 0.25) is 9.04 Å². The van der Waals surface area contributed by atoms with Crippen molar-refractivity contribution in [3.05, 3.63) is 60.7 Å². The van der Waals surface area contributed by atoms with Gasteiger partial charge in [0.05, 0.1) is 12.1 Å². The van der Waals surface area contributed by atoms with Crippen LogP contribution in [-0.4, -0.2) is 27.2 Å². The molecule has 1 unspecified atom stereocenters. The van der Waals surface area contributed by atoms with Gasteiger partial charge in [0.15, 0.2) is 0 Å². The molecule has 0 spiro atoms. The molecule has 1 aliphatic rings. The molecule has 0 amide bonds.